The highest BCUT2D eigenvalue weighted by Gasteiger charge is 2.30. The highest BCUT2D eigenvalue weighted by atomic mass is 19.4. The number of nitrogens with one attached hydrogen (secondary N) is 1. The number of alkyl halides is 3. The Hall–Kier alpha value is -3.76. The van der Waals surface area contributed by atoms with Crippen LogP contribution in [0.25, 0.3) is 5.69 Å². The molecule has 3 rings (SSSR count). The number of nitrogens with zero attached hydrogens (tertiary/aromatic N) is 4. The summed E-state index contributed by atoms with van der Waals surface area (Å²) in [6.45, 7) is -0.649. The first-order valence-corrected chi connectivity index (χ1v) is 7.80. The molecule has 0 aliphatic heterocycles. The lowest BCUT2D eigenvalue weighted by Gasteiger charge is -2.10. The molecule has 0 atom stereocenters. The van der Waals surface area contributed by atoms with Crippen molar-refractivity contribution in [3.63, 3.8) is 0 Å². The van der Waals surface area contributed by atoms with E-state index in [1.807, 2.05) is 0 Å². The van der Waals surface area contributed by atoms with Gasteiger partial charge in [-0.05, 0) is 52.9 Å². The number of esters is 1. The standard InChI is InChI=1S/C17H12F3N5O3/c18-17(19,20)12-2-1-3-13(8-12)22-15(26)9-28-16(27)11-4-6-14(7-5-11)25-10-21-23-24-25/h1-8,10H,9H2,(H,22,26). The smallest absolute Gasteiger partial charge is 0.416 e. The van der Waals surface area contributed by atoms with Gasteiger partial charge in [0.15, 0.2) is 6.61 Å². The van der Waals surface area contributed by atoms with Crippen molar-refractivity contribution in [2.45, 2.75) is 6.18 Å². The van der Waals surface area contributed by atoms with E-state index in [1.165, 1.54) is 29.2 Å². The molecule has 0 spiro atoms. The van der Waals surface area contributed by atoms with Crippen LogP contribution in [0.4, 0.5) is 18.9 Å². The summed E-state index contributed by atoms with van der Waals surface area (Å²) in [5.41, 5.74) is -0.154. The third kappa shape index (κ3) is 4.69. The Kier molecular flexibility index (Phi) is 5.34. The molecule has 2 aromatic carbocycles. The Morgan fingerprint density at radius 2 is 1.86 bits per heavy atom. The molecule has 144 valence electrons. The first kappa shape index (κ1) is 19.0. The Morgan fingerprint density at radius 1 is 1.11 bits per heavy atom. The Labute approximate surface area is 155 Å². The molecule has 0 radical (unpaired) electrons. The Balaban J connectivity index is 1.55. The van der Waals surface area contributed by atoms with E-state index in [2.05, 4.69) is 20.8 Å². The van der Waals surface area contributed by atoms with Crippen LogP contribution < -0.4 is 5.32 Å². The van der Waals surface area contributed by atoms with Crippen LogP contribution in [0.3, 0.4) is 0 Å². The minimum absolute atomic E-state index is 0.0540. The molecule has 0 fully saturated rings. The number of tetrazole rings is 1. The molecule has 0 saturated carbocycles. The summed E-state index contributed by atoms with van der Waals surface area (Å²) in [6.07, 6.45) is -3.15. The lowest BCUT2D eigenvalue weighted by Crippen LogP contribution is -2.21. The number of carbonyl (C=O) groups is 2. The van der Waals surface area contributed by atoms with E-state index < -0.39 is 30.2 Å². The van der Waals surface area contributed by atoms with E-state index >= 15 is 0 Å². The molecule has 11 heteroatoms. The molecular formula is C17H12F3N5O3. The fourth-order valence-corrected chi connectivity index (χ4v) is 2.21. The van der Waals surface area contributed by atoms with Crippen LogP contribution in [0.1, 0.15) is 15.9 Å². The molecule has 1 heterocycles. The van der Waals surface area contributed by atoms with Crippen molar-refractivity contribution < 1.29 is 27.5 Å². The van der Waals surface area contributed by atoms with E-state index in [-0.39, 0.29) is 11.3 Å². The second-order valence-electron chi connectivity index (χ2n) is 5.50. The molecule has 0 aliphatic carbocycles. The average molecular weight is 391 g/mol. The first-order valence-electron chi connectivity index (χ1n) is 7.80. The maximum absolute atomic E-state index is 12.7. The van der Waals surface area contributed by atoms with Crippen molar-refractivity contribution in [1.29, 1.82) is 0 Å². The average Bonchev–Trinajstić information content (AvgIpc) is 3.20. The van der Waals surface area contributed by atoms with Gasteiger partial charge < -0.3 is 10.1 Å². The van der Waals surface area contributed by atoms with Crippen molar-refractivity contribution in [3.05, 3.63) is 66.0 Å². The molecule has 1 N–H and O–H groups in total. The summed E-state index contributed by atoms with van der Waals surface area (Å²) in [5, 5.41) is 12.9. The first-order chi connectivity index (χ1) is 13.3. The highest BCUT2D eigenvalue weighted by Crippen LogP contribution is 2.30. The van der Waals surface area contributed by atoms with E-state index in [9.17, 15) is 22.8 Å². The SMILES string of the molecule is O=C(COC(=O)c1ccc(-n2cnnn2)cc1)Nc1cccc(C(F)(F)F)c1. The van der Waals surface area contributed by atoms with Crippen molar-refractivity contribution >= 4 is 17.6 Å². The predicted molar refractivity (Wildman–Crippen MR) is 89.5 cm³/mol. The van der Waals surface area contributed by atoms with Gasteiger partial charge in [-0.3, -0.25) is 4.79 Å². The molecule has 28 heavy (non-hydrogen) atoms. The Morgan fingerprint density at radius 3 is 2.50 bits per heavy atom. The zero-order valence-electron chi connectivity index (χ0n) is 14.1. The number of hydrogen-bond donors (Lipinski definition) is 1. The van der Waals surface area contributed by atoms with Crippen LogP contribution in [0.5, 0.6) is 0 Å². The molecule has 0 aliphatic rings. The molecule has 0 bridgehead atoms. The number of hydrogen-bond acceptors (Lipinski definition) is 6. The van der Waals surface area contributed by atoms with Gasteiger partial charge in [0.05, 0.1) is 16.8 Å². The number of carbonyl (C=O) groups excluding carboxylic acids is 2. The number of anilines is 1. The van der Waals surface area contributed by atoms with Crippen molar-refractivity contribution in [2.75, 3.05) is 11.9 Å². The van der Waals surface area contributed by atoms with Gasteiger partial charge in [0.25, 0.3) is 5.91 Å². The summed E-state index contributed by atoms with van der Waals surface area (Å²) in [7, 11) is 0. The van der Waals surface area contributed by atoms with Gasteiger partial charge in [0, 0.05) is 5.69 Å². The molecule has 1 amide bonds. The topological polar surface area (TPSA) is 99.0 Å². The molecule has 3 aromatic rings. The van der Waals surface area contributed by atoms with Gasteiger partial charge >= 0.3 is 12.1 Å². The third-order valence-electron chi connectivity index (χ3n) is 3.52. The van der Waals surface area contributed by atoms with Gasteiger partial charge in [-0.15, -0.1) is 5.10 Å². The van der Waals surface area contributed by atoms with Crippen molar-refractivity contribution in [3.8, 4) is 5.69 Å². The predicted octanol–water partition coefficient (Wildman–Crippen LogP) is 2.48. The lowest BCUT2D eigenvalue weighted by atomic mass is 10.2. The number of rotatable bonds is 5. The van der Waals surface area contributed by atoms with Gasteiger partial charge in [-0.1, -0.05) is 6.07 Å². The number of aromatic nitrogens is 4. The highest BCUT2D eigenvalue weighted by molar-refractivity contribution is 5.95. The largest absolute Gasteiger partial charge is 0.452 e. The van der Waals surface area contributed by atoms with Crippen LogP contribution in [0.15, 0.2) is 54.9 Å². The number of benzene rings is 2. The molecule has 0 unspecified atom stereocenters. The van der Waals surface area contributed by atoms with Gasteiger partial charge in [0.2, 0.25) is 0 Å². The summed E-state index contributed by atoms with van der Waals surface area (Å²) < 4.78 is 44.3. The van der Waals surface area contributed by atoms with Crippen LogP contribution in [0.2, 0.25) is 0 Å². The zero-order valence-corrected chi connectivity index (χ0v) is 14.1. The Bertz CT molecular complexity index is 972. The van der Waals surface area contributed by atoms with E-state index in [4.69, 9.17) is 4.74 Å². The van der Waals surface area contributed by atoms with Crippen LogP contribution in [0, 0.1) is 0 Å². The number of halogens is 3. The molecule has 0 saturated heterocycles. The molecular weight excluding hydrogens is 379 g/mol. The summed E-state index contributed by atoms with van der Waals surface area (Å²) in [6, 6.07) is 10.2. The quantitative estimate of drug-likeness (QED) is 0.671. The fourth-order valence-electron chi connectivity index (χ4n) is 2.21. The van der Waals surface area contributed by atoms with Gasteiger partial charge in [0.1, 0.15) is 6.33 Å². The summed E-state index contributed by atoms with van der Waals surface area (Å²) >= 11 is 0. The maximum atomic E-state index is 12.7. The minimum atomic E-state index is -4.53. The summed E-state index contributed by atoms with van der Waals surface area (Å²) in [4.78, 5) is 23.8. The van der Waals surface area contributed by atoms with E-state index in [1.54, 1.807) is 12.1 Å². The maximum Gasteiger partial charge on any atom is 0.416 e. The van der Waals surface area contributed by atoms with Gasteiger partial charge in [-0.25, -0.2) is 9.48 Å². The monoisotopic (exact) mass is 391 g/mol. The van der Waals surface area contributed by atoms with Crippen LogP contribution in [-0.2, 0) is 15.7 Å². The minimum Gasteiger partial charge on any atom is -0.452 e. The number of ether oxygens (including phenoxy) is 1. The fraction of sp³-hybridized carbons (Fsp3) is 0.118. The second kappa shape index (κ2) is 7.86. The normalized spacial score (nSPS) is 11.1. The van der Waals surface area contributed by atoms with Crippen LogP contribution in [-0.4, -0.2) is 38.7 Å². The molecule has 8 nitrogen and oxygen atoms in total. The van der Waals surface area contributed by atoms with Crippen molar-refractivity contribution in [2.24, 2.45) is 0 Å². The van der Waals surface area contributed by atoms with Gasteiger partial charge in [-0.2, -0.15) is 13.2 Å². The molecule has 1 aromatic heterocycles. The second-order valence-corrected chi connectivity index (χ2v) is 5.50. The lowest BCUT2D eigenvalue weighted by molar-refractivity contribution is -0.137. The summed E-state index contributed by atoms with van der Waals surface area (Å²) in [5.74, 6) is -1.53. The third-order valence-corrected chi connectivity index (χ3v) is 3.52. The zero-order chi connectivity index (χ0) is 20.1. The van der Waals surface area contributed by atoms with Crippen LogP contribution >= 0.6 is 0 Å². The van der Waals surface area contributed by atoms with Crippen molar-refractivity contribution in [1.82, 2.24) is 20.2 Å². The number of amides is 1. The van der Waals surface area contributed by atoms with E-state index in [0.717, 1.165) is 18.2 Å². The van der Waals surface area contributed by atoms with E-state index in [0.29, 0.717) is 5.69 Å².